The molecule has 0 aliphatic rings. The monoisotopic (exact) mass is 154 g/mol. The summed E-state index contributed by atoms with van der Waals surface area (Å²) in [5.74, 6) is -0.228. The van der Waals surface area contributed by atoms with Gasteiger partial charge in [-0.05, 0) is 17.7 Å². The molecule has 0 aromatic heterocycles. The van der Waals surface area contributed by atoms with E-state index in [0.717, 1.165) is 5.56 Å². The van der Waals surface area contributed by atoms with Crippen LogP contribution in [0.5, 0.6) is 0 Å². The van der Waals surface area contributed by atoms with Crippen molar-refractivity contribution < 1.29 is 9.50 Å². The SMILES string of the molecule is CC(CO)c1cccc(F)c1. The van der Waals surface area contributed by atoms with Gasteiger partial charge in [0.15, 0.2) is 0 Å². The van der Waals surface area contributed by atoms with Crippen LogP contribution in [0.15, 0.2) is 24.3 Å². The van der Waals surface area contributed by atoms with Gasteiger partial charge >= 0.3 is 0 Å². The molecule has 1 aromatic carbocycles. The summed E-state index contributed by atoms with van der Waals surface area (Å²) in [5.41, 5.74) is 0.840. The third kappa shape index (κ3) is 2.02. The predicted octanol–water partition coefficient (Wildman–Crippen LogP) is 1.92. The van der Waals surface area contributed by atoms with Crippen LogP contribution in [-0.2, 0) is 0 Å². The lowest BCUT2D eigenvalue weighted by Gasteiger charge is -2.06. The Labute approximate surface area is 65.5 Å². The van der Waals surface area contributed by atoms with E-state index >= 15 is 0 Å². The normalized spacial score (nSPS) is 13.0. The highest BCUT2D eigenvalue weighted by atomic mass is 19.1. The molecule has 1 N–H and O–H groups in total. The average Bonchev–Trinajstić information content (AvgIpc) is 2.03. The summed E-state index contributed by atoms with van der Waals surface area (Å²) in [4.78, 5) is 0. The summed E-state index contributed by atoms with van der Waals surface area (Å²) in [6, 6.07) is 6.30. The maximum atomic E-state index is 12.6. The van der Waals surface area contributed by atoms with E-state index in [1.165, 1.54) is 12.1 Å². The van der Waals surface area contributed by atoms with Crippen LogP contribution in [-0.4, -0.2) is 11.7 Å². The quantitative estimate of drug-likeness (QED) is 0.690. The molecule has 0 saturated carbocycles. The van der Waals surface area contributed by atoms with E-state index < -0.39 is 0 Å². The number of aliphatic hydroxyl groups excluding tert-OH is 1. The van der Waals surface area contributed by atoms with Gasteiger partial charge in [-0.3, -0.25) is 0 Å². The van der Waals surface area contributed by atoms with Crippen LogP contribution in [0, 0.1) is 5.82 Å². The smallest absolute Gasteiger partial charge is 0.123 e. The van der Waals surface area contributed by atoms with E-state index in [9.17, 15) is 4.39 Å². The second-order valence-corrected chi connectivity index (χ2v) is 2.64. The molecular weight excluding hydrogens is 143 g/mol. The van der Waals surface area contributed by atoms with E-state index in [1.807, 2.05) is 13.0 Å². The number of hydrogen-bond donors (Lipinski definition) is 1. The zero-order chi connectivity index (χ0) is 8.27. The second-order valence-electron chi connectivity index (χ2n) is 2.64. The lowest BCUT2D eigenvalue weighted by atomic mass is 10.0. The Morgan fingerprint density at radius 1 is 1.55 bits per heavy atom. The summed E-state index contributed by atoms with van der Waals surface area (Å²) in [7, 11) is 0. The molecule has 0 spiro atoms. The van der Waals surface area contributed by atoms with Gasteiger partial charge in [-0.25, -0.2) is 4.39 Å². The van der Waals surface area contributed by atoms with Gasteiger partial charge < -0.3 is 5.11 Å². The van der Waals surface area contributed by atoms with Gasteiger partial charge in [0.05, 0.1) is 0 Å². The highest BCUT2D eigenvalue weighted by Crippen LogP contribution is 2.14. The van der Waals surface area contributed by atoms with Gasteiger partial charge in [-0.15, -0.1) is 0 Å². The highest BCUT2D eigenvalue weighted by molar-refractivity contribution is 5.19. The van der Waals surface area contributed by atoms with Gasteiger partial charge in [0, 0.05) is 12.5 Å². The fraction of sp³-hybridized carbons (Fsp3) is 0.333. The van der Waals surface area contributed by atoms with Crippen molar-refractivity contribution in [3.8, 4) is 0 Å². The van der Waals surface area contributed by atoms with Crippen molar-refractivity contribution in [2.45, 2.75) is 12.8 Å². The van der Waals surface area contributed by atoms with Crippen molar-refractivity contribution >= 4 is 0 Å². The first-order valence-electron chi connectivity index (χ1n) is 3.60. The molecule has 0 aliphatic carbocycles. The van der Waals surface area contributed by atoms with E-state index in [0.29, 0.717) is 0 Å². The van der Waals surface area contributed by atoms with Crippen LogP contribution in [0.2, 0.25) is 0 Å². The Bertz CT molecular complexity index is 235. The number of hydrogen-bond acceptors (Lipinski definition) is 1. The van der Waals surface area contributed by atoms with E-state index in [1.54, 1.807) is 6.07 Å². The number of rotatable bonds is 2. The molecule has 2 heteroatoms. The van der Waals surface area contributed by atoms with Gasteiger partial charge in [0.25, 0.3) is 0 Å². The molecule has 1 aromatic rings. The van der Waals surface area contributed by atoms with Crippen LogP contribution < -0.4 is 0 Å². The number of benzene rings is 1. The molecule has 0 radical (unpaired) electrons. The lowest BCUT2D eigenvalue weighted by Crippen LogP contribution is -1.98. The van der Waals surface area contributed by atoms with E-state index in [-0.39, 0.29) is 18.3 Å². The molecule has 0 heterocycles. The van der Waals surface area contributed by atoms with Crippen molar-refractivity contribution in [1.82, 2.24) is 0 Å². The molecule has 0 aliphatic heterocycles. The molecule has 0 bridgehead atoms. The van der Waals surface area contributed by atoms with Gasteiger partial charge in [0.1, 0.15) is 5.82 Å². The summed E-state index contributed by atoms with van der Waals surface area (Å²) in [6.45, 7) is 1.91. The average molecular weight is 154 g/mol. The van der Waals surface area contributed by atoms with Crippen LogP contribution >= 0.6 is 0 Å². The maximum Gasteiger partial charge on any atom is 0.123 e. The minimum Gasteiger partial charge on any atom is -0.396 e. The van der Waals surface area contributed by atoms with Gasteiger partial charge in [-0.1, -0.05) is 19.1 Å². The minimum atomic E-state index is -0.247. The first kappa shape index (κ1) is 8.21. The Morgan fingerprint density at radius 2 is 2.27 bits per heavy atom. The number of halogens is 1. The summed E-state index contributed by atoms with van der Waals surface area (Å²) in [5, 5.41) is 8.76. The number of aliphatic hydroxyl groups is 1. The predicted molar refractivity (Wildman–Crippen MR) is 41.9 cm³/mol. The van der Waals surface area contributed by atoms with Crippen molar-refractivity contribution in [2.24, 2.45) is 0 Å². The zero-order valence-electron chi connectivity index (χ0n) is 6.42. The molecule has 11 heavy (non-hydrogen) atoms. The van der Waals surface area contributed by atoms with E-state index in [2.05, 4.69) is 0 Å². The maximum absolute atomic E-state index is 12.6. The molecule has 1 rings (SSSR count). The summed E-state index contributed by atoms with van der Waals surface area (Å²) < 4.78 is 12.6. The lowest BCUT2D eigenvalue weighted by molar-refractivity contribution is 0.273. The van der Waals surface area contributed by atoms with Crippen LogP contribution in [0.1, 0.15) is 18.4 Å². The molecule has 0 saturated heterocycles. The fourth-order valence-corrected chi connectivity index (χ4v) is 0.919. The highest BCUT2D eigenvalue weighted by Gasteiger charge is 2.03. The van der Waals surface area contributed by atoms with Crippen molar-refractivity contribution in [3.05, 3.63) is 35.6 Å². The fourth-order valence-electron chi connectivity index (χ4n) is 0.919. The third-order valence-corrected chi connectivity index (χ3v) is 1.69. The van der Waals surface area contributed by atoms with Crippen LogP contribution in [0.25, 0.3) is 0 Å². The Hall–Kier alpha value is -0.890. The van der Waals surface area contributed by atoms with Crippen molar-refractivity contribution in [1.29, 1.82) is 0 Å². The van der Waals surface area contributed by atoms with Gasteiger partial charge in [0.2, 0.25) is 0 Å². The standard InChI is InChI=1S/C9H11FO/c1-7(6-11)8-3-2-4-9(10)5-8/h2-5,7,11H,6H2,1H3. The topological polar surface area (TPSA) is 20.2 Å². The van der Waals surface area contributed by atoms with Crippen LogP contribution in [0.3, 0.4) is 0 Å². The summed E-state index contributed by atoms with van der Waals surface area (Å²) >= 11 is 0. The molecule has 1 nitrogen and oxygen atoms in total. The minimum absolute atomic E-state index is 0.0192. The van der Waals surface area contributed by atoms with Gasteiger partial charge in [-0.2, -0.15) is 0 Å². The Balaban J connectivity index is 2.86. The van der Waals surface area contributed by atoms with Crippen molar-refractivity contribution in [3.63, 3.8) is 0 Å². The molecule has 1 atom stereocenters. The first-order valence-corrected chi connectivity index (χ1v) is 3.60. The Morgan fingerprint density at radius 3 is 2.82 bits per heavy atom. The largest absolute Gasteiger partial charge is 0.396 e. The second kappa shape index (κ2) is 3.49. The Kier molecular flexibility index (Phi) is 2.60. The zero-order valence-corrected chi connectivity index (χ0v) is 6.42. The molecule has 0 fully saturated rings. The van der Waals surface area contributed by atoms with E-state index in [4.69, 9.17) is 5.11 Å². The molecule has 0 amide bonds. The van der Waals surface area contributed by atoms with Crippen molar-refractivity contribution in [2.75, 3.05) is 6.61 Å². The first-order chi connectivity index (χ1) is 5.24. The van der Waals surface area contributed by atoms with Crippen LogP contribution in [0.4, 0.5) is 4.39 Å². The summed E-state index contributed by atoms with van der Waals surface area (Å²) in [6.07, 6.45) is 0. The molecular formula is C9H11FO. The molecule has 1 unspecified atom stereocenters. The third-order valence-electron chi connectivity index (χ3n) is 1.69. The molecule has 60 valence electrons.